The Morgan fingerprint density at radius 3 is 2.30 bits per heavy atom. The Morgan fingerprint density at radius 1 is 1.00 bits per heavy atom. The Kier molecular flexibility index (Phi) is 6.23. The zero-order valence-corrected chi connectivity index (χ0v) is 12.8. The molecule has 6 heteroatoms. The van der Waals surface area contributed by atoms with Crippen molar-refractivity contribution in [2.75, 3.05) is 20.3 Å². The molecule has 0 bridgehead atoms. The van der Waals surface area contributed by atoms with Gasteiger partial charge in [0.05, 0.1) is 13.7 Å². The summed E-state index contributed by atoms with van der Waals surface area (Å²) in [7, 11) is 1.60. The lowest BCUT2D eigenvalue weighted by atomic mass is 10.2. The molecular formula is C17H19FN2O3. The van der Waals surface area contributed by atoms with Gasteiger partial charge in [0, 0.05) is 6.54 Å². The molecule has 0 aliphatic rings. The first-order chi connectivity index (χ1) is 11.2. The number of rotatable bonds is 7. The number of hydrogen-bond acceptors (Lipinski definition) is 3. The molecule has 0 aliphatic carbocycles. The number of amides is 2. The molecule has 2 aromatic carbocycles. The first-order valence-electron chi connectivity index (χ1n) is 7.20. The van der Waals surface area contributed by atoms with Crippen molar-refractivity contribution in [2.45, 2.75) is 6.54 Å². The van der Waals surface area contributed by atoms with Crippen molar-refractivity contribution >= 4 is 6.03 Å². The molecule has 23 heavy (non-hydrogen) atoms. The van der Waals surface area contributed by atoms with E-state index >= 15 is 0 Å². The molecule has 0 spiro atoms. The summed E-state index contributed by atoms with van der Waals surface area (Å²) < 4.78 is 23.3. The average molecular weight is 318 g/mol. The molecule has 0 aromatic heterocycles. The topological polar surface area (TPSA) is 59.6 Å². The van der Waals surface area contributed by atoms with Crippen LogP contribution in [-0.2, 0) is 6.54 Å². The van der Waals surface area contributed by atoms with Crippen LogP contribution in [0.4, 0.5) is 9.18 Å². The van der Waals surface area contributed by atoms with Gasteiger partial charge >= 0.3 is 6.03 Å². The van der Waals surface area contributed by atoms with Crippen molar-refractivity contribution in [3.8, 4) is 11.5 Å². The number of nitrogens with one attached hydrogen (secondary N) is 2. The Labute approximate surface area is 134 Å². The van der Waals surface area contributed by atoms with E-state index in [-0.39, 0.29) is 11.8 Å². The summed E-state index contributed by atoms with van der Waals surface area (Å²) in [6, 6.07) is 12.9. The quantitative estimate of drug-likeness (QED) is 0.772. The molecule has 2 aromatic rings. The average Bonchev–Trinajstić information content (AvgIpc) is 2.59. The maximum absolute atomic E-state index is 12.8. The van der Waals surface area contributed by atoms with Crippen molar-refractivity contribution in [1.29, 1.82) is 0 Å². The van der Waals surface area contributed by atoms with Gasteiger partial charge < -0.3 is 20.1 Å². The molecule has 0 heterocycles. The van der Waals surface area contributed by atoms with Crippen LogP contribution in [-0.4, -0.2) is 26.3 Å². The summed E-state index contributed by atoms with van der Waals surface area (Å²) in [6.07, 6.45) is 0. The van der Waals surface area contributed by atoms with Crippen LogP contribution in [0.1, 0.15) is 5.56 Å². The minimum atomic E-state index is -0.298. The van der Waals surface area contributed by atoms with Crippen LogP contribution < -0.4 is 20.1 Å². The first-order valence-corrected chi connectivity index (χ1v) is 7.20. The SMILES string of the molecule is COc1ccc(OCCNC(=O)NCc2ccc(F)cc2)cc1. The highest BCUT2D eigenvalue weighted by Gasteiger charge is 2.01. The lowest BCUT2D eigenvalue weighted by Crippen LogP contribution is -2.37. The highest BCUT2D eigenvalue weighted by molar-refractivity contribution is 5.73. The predicted molar refractivity (Wildman–Crippen MR) is 85.1 cm³/mol. The number of benzene rings is 2. The van der Waals surface area contributed by atoms with E-state index < -0.39 is 0 Å². The monoisotopic (exact) mass is 318 g/mol. The van der Waals surface area contributed by atoms with Gasteiger partial charge in [0.1, 0.15) is 23.9 Å². The second-order valence-electron chi connectivity index (χ2n) is 4.76. The molecule has 0 saturated carbocycles. The Balaban J connectivity index is 1.61. The molecule has 2 N–H and O–H groups in total. The van der Waals surface area contributed by atoms with Crippen LogP contribution in [0.3, 0.4) is 0 Å². The zero-order chi connectivity index (χ0) is 16.5. The summed E-state index contributed by atoms with van der Waals surface area (Å²) in [4.78, 5) is 11.6. The zero-order valence-electron chi connectivity index (χ0n) is 12.8. The van der Waals surface area contributed by atoms with Crippen molar-refractivity contribution in [2.24, 2.45) is 0 Å². The fourth-order valence-electron chi connectivity index (χ4n) is 1.85. The van der Waals surface area contributed by atoms with Gasteiger partial charge in [0.25, 0.3) is 0 Å². The van der Waals surface area contributed by atoms with Gasteiger partial charge in [-0.2, -0.15) is 0 Å². The number of carbonyl (C=O) groups is 1. The molecule has 0 fully saturated rings. The molecule has 0 unspecified atom stereocenters. The van der Waals surface area contributed by atoms with E-state index in [0.29, 0.717) is 25.4 Å². The van der Waals surface area contributed by atoms with Gasteiger partial charge in [-0.1, -0.05) is 12.1 Å². The van der Waals surface area contributed by atoms with Gasteiger partial charge in [0.2, 0.25) is 0 Å². The molecule has 0 atom stereocenters. The third-order valence-corrected chi connectivity index (χ3v) is 3.08. The smallest absolute Gasteiger partial charge is 0.315 e. The number of methoxy groups -OCH3 is 1. The minimum Gasteiger partial charge on any atom is -0.497 e. The van der Waals surface area contributed by atoms with E-state index in [1.165, 1.54) is 12.1 Å². The van der Waals surface area contributed by atoms with Crippen molar-refractivity contribution < 1.29 is 18.7 Å². The van der Waals surface area contributed by atoms with Gasteiger partial charge in [-0.25, -0.2) is 9.18 Å². The second kappa shape index (κ2) is 8.63. The Hall–Kier alpha value is -2.76. The molecule has 0 radical (unpaired) electrons. The van der Waals surface area contributed by atoms with E-state index in [4.69, 9.17) is 9.47 Å². The second-order valence-corrected chi connectivity index (χ2v) is 4.76. The number of urea groups is 1. The van der Waals surface area contributed by atoms with Gasteiger partial charge in [-0.15, -0.1) is 0 Å². The maximum atomic E-state index is 12.8. The maximum Gasteiger partial charge on any atom is 0.315 e. The predicted octanol–water partition coefficient (Wildman–Crippen LogP) is 2.71. The summed E-state index contributed by atoms with van der Waals surface area (Å²) >= 11 is 0. The van der Waals surface area contributed by atoms with E-state index in [0.717, 1.165) is 11.3 Å². The summed E-state index contributed by atoms with van der Waals surface area (Å²) in [5.74, 6) is 1.17. The third kappa shape index (κ3) is 5.86. The van der Waals surface area contributed by atoms with Gasteiger partial charge in [-0.05, 0) is 42.0 Å². The van der Waals surface area contributed by atoms with E-state index in [1.807, 2.05) is 0 Å². The Morgan fingerprint density at radius 2 is 1.65 bits per heavy atom. The van der Waals surface area contributed by atoms with Gasteiger partial charge in [-0.3, -0.25) is 0 Å². The molecule has 0 saturated heterocycles. The summed E-state index contributed by atoms with van der Waals surface area (Å²) in [5.41, 5.74) is 0.830. The Bertz CT molecular complexity index is 615. The van der Waals surface area contributed by atoms with Crippen LogP contribution in [0, 0.1) is 5.82 Å². The normalized spacial score (nSPS) is 10.0. The standard InChI is InChI=1S/C17H19FN2O3/c1-22-15-6-8-16(9-7-15)23-11-10-19-17(21)20-12-13-2-4-14(18)5-3-13/h2-9H,10-12H2,1H3,(H2,19,20,21). The van der Waals surface area contributed by atoms with Gasteiger partial charge in [0.15, 0.2) is 0 Å². The van der Waals surface area contributed by atoms with E-state index in [2.05, 4.69) is 10.6 Å². The fraction of sp³-hybridized carbons (Fsp3) is 0.235. The van der Waals surface area contributed by atoms with Crippen LogP contribution in [0.15, 0.2) is 48.5 Å². The molecule has 5 nitrogen and oxygen atoms in total. The lowest BCUT2D eigenvalue weighted by Gasteiger charge is -2.09. The molecule has 0 aliphatic heterocycles. The summed E-state index contributed by atoms with van der Waals surface area (Å²) in [5, 5.41) is 5.37. The minimum absolute atomic E-state index is 0.297. The highest BCUT2D eigenvalue weighted by atomic mass is 19.1. The highest BCUT2D eigenvalue weighted by Crippen LogP contribution is 2.16. The lowest BCUT2D eigenvalue weighted by molar-refractivity contribution is 0.236. The first kappa shape index (κ1) is 16.6. The van der Waals surface area contributed by atoms with Crippen LogP contribution in [0.2, 0.25) is 0 Å². The van der Waals surface area contributed by atoms with Crippen LogP contribution in [0.5, 0.6) is 11.5 Å². The largest absolute Gasteiger partial charge is 0.497 e. The molecular weight excluding hydrogens is 299 g/mol. The number of hydrogen-bond donors (Lipinski definition) is 2. The van der Waals surface area contributed by atoms with E-state index in [1.54, 1.807) is 43.5 Å². The molecule has 2 rings (SSSR count). The third-order valence-electron chi connectivity index (χ3n) is 3.08. The number of carbonyl (C=O) groups excluding carboxylic acids is 1. The molecule has 122 valence electrons. The van der Waals surface area contributed by atoms with Crippen molar-refractivity contribution in [3.05, 3.63) is 59.9 Å². The van der Waals surface area contributed by atoms with E-state index in [9.17, 15) is 9.18 Å². The number of halogens is 1. The summed E-state index contributed by atoms with van der Waals surface area (Å²) in [6.45, 7) is 1.07. The van der Waals surface area contributed by atoms with Crippen molar-refractivity contribution in [3.63, 3.8) is 0 Å². The van der Waals surface area contributed by atoms with Crippen molar-refractivity contribution in [1.82, 2.24) is 10.6 Å². The van der Waals surface area contributed by atoms with Crippen LogP contribution in [0.25, 0.3) is 0 Å². The fourth-order valence-corrected chi connectivity index (χ4v) is 1.85. The number of ether oxygens (including phenoxy) is 2. The van der Waals surface area contributed by atoms with Crippen LogP contribution >= 0.6 is 0 Å². The molecule has 2 amide bonds.